The number of nitrogens with one attached hydrogen (secondary N) is 1. The Kier molecular flexibility index (Phi) is 9.13. The molecular formula is C24H30Br2N2O3. The molecule has 2 rings (SSSR count). The average Bonchev–Trinajstić information content (AvgIpc) is 2.70. The Morgan fingerprint density at radius 2 is 1.84 bits per heavy atom. The zero-order valence-corrected chi connectivity index (χ0v) is 21.8. The van der Waals surface area contributed by atoms with Gasteiger partial charge in [0.15, 0.2) is 6.61 Å². The summed E-state index contributed by atoms with van der Waals surface area (Å²) in [4.78, 5) is 27.1. The minimum Gasteiger partial charge on any atom is -0.483 e. The van der Waals surface area contributed by atoms with Gasteiger partial charge in [-0.1, -0.05) is 54.9 Å². The molecule has 0 aliphatic rings. The van der Waals surface area contributed by atoms with Crippen molar-refractivity contribution in [3.8, 4) is 5.75 Å². The highest BCUT2D eigenvalue weighted by Crippen LogP contribution is 2.31. The first kappa shape index (κ1) is 25.4. The second-order valence-electron chi connectivity index (χ2n) is 8.41. The van der Waals surface area contributed by atoms with Crippen molar-refractivity contribution in [3.05, 3.63) is 62.5 Å². The Morgan fingerprint density at radius 1 is 1.13 bits per heavy atom. The third kappa shape index (κ3) is 7.35. The smallest absolute Gasteiger partial charge is 0.261 e. The SMILES string of the molecule is CCNC(=O)[C@@H](C)N(Cc1cccc(Br)c1)C(=O)COc1ccc(C(C)(C)C)cc1Br. The van der Waals surface area contributed by atoms with E-state index in [0.29, 0.717) is 18.8 Å². The topological polar surface area (TPSA) is 58.6 Å². The minimum atomic E-state index is -0.623. The van der Waals surface area contributed by atoms with E-state index in [2.05, 4.69) is 57.9 Å². The minimum absolute atomic E-state index is 0.0136. The molecule has 1 atom stereocenters. The standard InChI is InChI=1S/C24H30Br2N2O3/c1-6-27-23(30)16(2)28(14-17-8-7-9-19(25)12-17)22(29)15-31-21-11-10-18(13-20(21)26)24(3,4)5/h7-13,16H,6,14-15H2,1-5H3,(H,27,30)/t16-/m1/s1. The second kappa shape index (κ2) is 11.1. The monoisotopic (exact) mass is 552 g/mol. The van der Waals surface area contributed by atoms with Gasteiger partial charge in [-0.05, 0) is 70.6 Å². The van der Waals surface area contributed by atoms with Crippen LogP contribution in [0.2, 0.25) is 0 Å². The summed E-state index contributed by atoms with van der Waals surface area (Å²) in [6.45, 7) is 10.7. The lowest BCUT2D eigenvalue weighted by Crippen LogP contribution is -2.49. The molecule has 0 saturated heterocycles. The van der Waals surface area contributed by atoms with E-state index < -0.39 is 6.04 Å². The number of carbonyl (C=O) groups excluding carboxylic acids is 2. The molecule has 0 aliphatic heterocycles. The second-order valence-corrected chi connectivity index (χ2v) is 10.2. The fourth-order valence-corrected chi connectivity index (χ4v) is 3.98. The van der Waals surface area contributed by atoms with Crippen LogP contribution in [0.15, 0.2) is 51.4 Å². The fraction of sp³-hybridized carbons (Fsp3) is 0.417. The van der Waals surface area contributed by atoms with Gasteiger partial charge in [0.1, 0.15) is 11.8 Å². The maximum atomic E-state index is 13.1. The molecule has 2 amide bonds. The molecule has 7 heteroatoms. The van der Waals surface area contributed by atoms with Gasteiger partial charge in [0, 0.05) is 17.6 Å². The van der Waals surface area contributed by atoms with E-state index in [0.717, 1.165) is 14.5 Å². The van der Waals surface area contributed by atoms with E-state index in [1.54, 1.807) is 11.8 Å². The molecule has 0 radical (unpaired) electrons. The summed E-state index contributed by atoms with van der Waals surface area (Å²) in [5.74, 6) is 0.140. The summed E-state index contributed by atoms with van der Waals surface area (Å²) < 4.78 is 7.53. The van der Waals surface area contributed by atoms with Gasteiger partial charge < -0.3 is 15.0 Å². The molecule has 0 aliphatic carbocycles. The summed E-state index contributed by atoms with van der Waals surface area (Å²) in [6.07, 6.45) is 0. The van der Waals surface area contributed by atoms with Crippen LogP contribution in [0.1, 0.15) is 45.7 Å². The fourth-order valence-electron chi connectivity index (χ4n) is 3.04. The summed E-state index contributed by atoms with van der Waals surface area (Å²) in [5, 5.41) is 2.79. The maximum Gasteiger partial charge on any atom is 0.261 e. The Balaban J connectivity index is 2.17. The third-order valence-corrected chi connectivity index (χ3v) is 6.02. The predicted octanol–water partition coefficient (Wildman–Crippen LogP) is 5.44. The number of hydrogen-bond acceptors (Lipinski definition) is 3. The van der Waals surface area contributed by atoms with E-state index in [1.807, 2.05) is 49.4 Å². The molecule has 31 heavy (non-hydrogen) atoms. The van der Waals surface area contributed by atoms with Crippen molar-refractivity contribution >= 4 is 43.7 Å². The Hall–Kier alpha value is -1.86. The predicted molar refractivity (Wildman–Crippen MR) is 131 cm³/mol. The molecule has 168 valence electrons. The van der Waals surface area contributed by atoms with Gasteiger partial charge in [0.05, 0.1) is 4.47 Å². The molecule has 0 unspecified atom stereocenters. The highest BCUT2D eigenvalue weighted by atomic mass is 79.9. The Labute approximate surface area is 201 Å². The average molecular weight is 554 g/mol. The van der Waals surface area contributed by atoms with Crippen LogP contribution in [0.4, 0.5) is 0 Å². The van der Waals surface area contributed by atoms with Crippen molar-refractivity contribution in [1.29, 1.82) is 0 Å². The lowest BCUT2D eigenvalue weighted by Gasteiger charge is -2.29. The molecule has 0 bridgehead atoms. The molecule has 0 fully saturated rings. The van der Waals surface area contributed by atoms with Gasteiger partial charge in [-0.15, -0.1) is 0 Å². The van der Waals surface area contributed by atoms with Crippen LogP contribution in [0.25, 0.3) is 0 Å². The van der Waals surface area contributed by atoms with E-state index in [9.17, 15) is 9.59 Å². The van der Waals surface area contributed by atoms with Crippen LogP contribution in [-0.4, -0.2) is 35.9 Å². The molecule has 5 nitrogen and oxygen atoms in total. The van der Waals surface area contributed by atoms with Gasteiger partial charge in [0.2, 0.25) is 5.91 Å². The quantitative estimate of drug-likeness (QED) is 0.473. The van der Waals surface area contributed by atoms with E-state index >= 15 is 0 Å². The number of halogens is 2. The first-order chi connectivity index (χ1) is 14.5. The molecule has 1 N–H and O–H groups in total. The molecular weight excluding hydrogens is 524 g/mol. The number of hydrogen-bond donors (Lipinski definition) is 1. The van der Waals surface area contributed by atoms with Gasteiger partial charge >= 0.3 is 0 Å². The largest absolute Gasteiger partial charge is 0.483 e. The molecule has 0 aromatic heterocycles. The molecule has 2 aromatic carbocycles. The van der Waals surface area contributed by atoms with Gasteiger partial charge in [-0.2, -0.15) is 0 Å². The lowest BCUT2D eigenvalue weighted by atomic mass is 9.87. The number of carbonyl (C=O) groups is 2. The van der Waals surface area contributed by atoms with Gasteiger partial charge in [-0.3, -0.25) is 9.59 Å². The van der Waals surface area contributed by atoms with Crippen LogP contribution in [0, 0.1) is 0 Å². The van der Waals surface area contributed by atoms with Crippen molar-refractivity contribution in [3.63, 3.8) is 0 Å². The molecule has 2 aromatic rings. The number of rotatable bonds is 8. The first-order valence-corrected chi connectivity index (χ1v) is 11.9. The maximum absolute atomic E-state index is 13.1. The molecule has 0 heterocycles. The lowest BCUT2D eigenvalue weighted by molar-refractivity contribution is -0.142. The van der Waals surface area contributed by atoms with Crippen molar-refractivity contribution in [1.82, 2.24) is 10.2 Å². The summed E-state index contributed by atoms with van der Waals surface area (Å²) >= 11 is 7.00. The number of likely N-dealkylation sites (N-methyl/N-ethyl adjacent to an activating group) is 1. The highest BCUT2D eigenvalue weighted by Gasteiger charge is 2.26. The number of nitrogens with zero attached hydrogens (tertiary/aromatic N) is 1. The number of benzene rings is 2. The van der Waals surface area contributed by atoms with Crippen LogP contribution in [-0.2, 0) is 21.5 Å². The summed E-state index contributed by atoms with van der Waals surface area (Å²) in [5.41, 5.74) is 2.11. The summed E-state index contributed by atoms with van der Waals surface area (Å²) in [7, 11) is 0. The third-order valence-electron chi connectivity index (χ3n) is 4.91. The van der Waals surface area contributed by atoms with Crippen molar-refractivity contribution < 1.29 is 14.3 Å². The van der Waals surface area contributed by atoms with E-state index in [-0.39, 0.29) is 23.8 Å². The van der Waals surface area contributed by atoms with Crippen molar-refractivity contribution in [2.45, 2.75) is 52.6 Å². The van der Waals surface area contributed by atoms with Crippen molar-refractivity contribution in [2.24, 2.45) is 0 Å². The number of amides is 2. The number of ether oxygens (including phenoxy) is 1. The Morgan fingerprint density at radius 3 is 2.42 bits per heavy atom. The normalized spacial score (nSPS) is 12.2. The zero-order chi connectivity index (χ0) is 23.2. The van der Waals surface area contributed by atoms with Crippen LogP contribution >= 0.6 is 31.9 Å². The van der Waals surface area contributed by atoms with Gasteiger partial charge in [0.25, 0.3) is 5.91 Å². The van der Waals surface area contributed by atoms with Crippen LogP contribution in [0.5, 0.6) is 5.75 Å². The highest BCUT2D eigenvalue weighted by molar-refractivity contribution is 9.10. The van der Waals surface area contributed by atoms with Crippen LogP contribution < -0.4 is 10.1 Å². The molecule has 0 spiro atoms. The first-order valence-electron chi connectivity index (χ1n) is 10.3. The van der Waals surface area contributed by atoms with E-state index in [1.165, 1.54) is 5.56 Å². The van der Waals surface area contributed by atoms with Crippen LogP contribution in [0.3, 0.4) is 0 Å². The summed E-state index contributed by atoms with van der Waals surface area (Å²) in [6, 6.07) is 12.9. The van der Waals surface area contributed by atoms with Crippen molar-refractivity contribution in [2.75, 3.05) is 13.2 Å². The molecule has 0 saturated carbocycles. The van der Waals surface area contributed by atoms with Gasteiger partial charge in [-0.25, -0.2) is 0 Å². The van der Waals surface area contributed by atoms with E-state index in [4.69, 9.17) is 4.74 Å². The Bertz CT molecular complexity index is 925. The zero-order valence-electron chi connectivity index (χ0n) is 18.7.